The predicted octanol–water partition coefficient (Wildman–Crippen LogP) is 1.31. The Morgan fingerprint density at radius 1 is 1.00 bits per heavy atom. The van der Waals surface area contributed by atoms with E-state index in [1.165, 1.54) is 0 Å². The van der Waals surface area contributed by atoms with Gasteiger partial charge in [0.1, 0.15) is 0 Å². The van der Waals surface area contributed by atoms with Crippen LogP contribution < -0.4 is 5.73 Å². The first-order valence-corrected chi connectivity index (χ1v) is 0.856. The molecule has 0 bridgehead atoms. The molecule has 0 spiro atoms. The molecule has 0 amide bonds. The van der Waals surface area contributed by atoms with Gasteiger partial charge in [-0.15, -0.1) is 24.8 Å². The van der Waals surface area contributed by atoms with Crippen LogP contribution in [0.15, 0.2) is 0 Å². The maximum atomic E-state index is 10.1. The van der Waals surface area contributed by atoms with Gasteiger partial charge in [0.15, 0.2) is 0 Å². The smallest absolute Gasteiger partial charge is 0.242 e. The lowest BCUT2D eigenvalue weighted by Gasteiger charge is -1.89. The molecule has 7 heavy (non-hydrogen) atoms. The highest BCUT2D eigenvalue weighted by Crippen LogP contribution is 2.01. The van der Waals surface area contributed by atoms with Crippen molar-refractivity contribution in [3.63, 3.8) is 0 Å². The van der Waals surface area contributed by atoms with Crippen molar-refractivity contribution in [2.75, 3.05) is 0 Å². The zero-order valence-corrected chi connectivity index (χ0v) is 4.66. The van der Waals surface area contributed by atoms with Crippen LogP contribution in [0, 0.1) is 0 Å². The van der Waals surface area contributed by atoms with Crippen LogP contribution in [0.25, 0.3) is 0 Å². The Hall–Kier alpha value is 0.330. The van der Waals surface area contributed by atoms with Crippen LogP contribution in [0.3, 0.4) is 0 Å². The van der Waals surface area contributed by atoms with Crippen molar-refractivity contribution in [3.05, 3.63) is 0 Å². The molecule has 0 aromatic heterocycles. The molecule has 0 saturated heterocycles. The van der Waals surface area contributed by atoms with E-state index in [2.05, 4.69) is 5.73 Å². The van der Waals surface area contributed by atoms with Gasteiger partial charge in [-0.2, -0.15) is 13.2 Å². The van der Waals surface area contributed by atoms with E-state index in [-0.39, 0.29) is 24.8 Å². The minimum Gasteiger partial charge on any atom is -0.242 e. The van der Waals surface area contributed by atoms with Crippen molar-refractivity contribution in [2.45, 2.75) is 6.30 Å². The molecular weight excluding hydrogens is 154 g/mol. The van der Waals surface area contributed by atoms with Gasteiger partial charge < -0.3 is 0 Å². The second-order valence-electron chi connectivity index (χ2n) is 0.542. The lowest BCUT2D eigenvalue weighted by molar-refractivity contribution is -0.122. The average Bonchev–Trinajstić information content (AvgIpc) is 0.722. The van der Waals surface area contributed by atoms with Gasteiger partial charge in [-0.1, -0.05) is 0 Å². The topological polar surface area (TPSA) is 26.0 Å². The highest BCUT2D eigenvalue weighted by atomic mass is 35.5. The fourth-order valence-electron chi connectivity index (χ4n) is 0. The Kier molecular flexibility index (Phi) is 10.0. The Balaban J connectivity index is -0.0000000800. The normalized spacial score (nSPS) is 8.57. The molecular formula is CH4Cl2F3N. The monoisotopic (exact) mass is 157 g/mol. The first kappa shape index (κ1) is 15.7. The summed E-state index contributed by atoms with van der Waals surface area (Å²) in [5.74, 6) is 0. The quantitative estimate of drug-likeness (QED) is 0.528. The number of halogens is 5. The number of hydrogen-bond donors (Lipinski definition) is 1. The molecule has 0 saturated carbocycles. The van der Waals surface area contributed by atoms with E-state index in [1.807, 2.05) is 0 Å². The molecule has 48 valence electrons. The predicted molar refractivity (Wildman–Crippen MR) is 24.7 cm³/mol. The summed E-state index contributed by atoms with van der Waals surface area (Å²) in [6.07, 6.45) is -4.50. The van der Waals surface area contributed by atoms with Gasteiger partial charge in [-0.05, 0) is 0 Å². The average molecular weight is 158 g/mol. The van der Waals surface area contributed by atoms with Gasteiger partial charge >= 0.3 is 6.30 Å². The molecule has 1 nitrogen and oxygen atoms in total. The summed E-state index contributed by atoms with van der Waals surface area (Å²) in [7, 11) is 0. The molecule has 0 aliphatic carbocycles. The third kappa shape index (κ3) is 1090. The van der Waals surface area contributed by atoms with E-state index in [0.29, 0.717) is 0 Å². The van der Waals surface area contributed by atoms with Crippen molar-refractivity contribution < 1.29 is 13.2 Å². The van der Waals surface area contributed by atoms with Gasteiger partial charge in [-0.25, -0.2) is 5.73 Å². The van der Waals surface area contributed by atoms with E-state index in [4.69, 9.17) is 0 Å². The first-order chi connectivity index (χ1) is 2.00. The summed E-state index contributed by atoms with van der Waals surface area (Å²) < 4.78 is 30.4. The molecule has 0 aliphatic rings. The van der Waals surface area contributed by atoms with Crippen molar-refractivity contribution in [1.29, 1.82) is 0 Å². The van der Waals surface area contributed by atoms with Crippen molar-refractivity contribution in [3.8, 4) is 0 Å². The molecule has 0 aromatic rings. The van der Waals surface area contributed by atoms with E-state index in [0.717, 1.165) is 0 Å². The van der Waals surface area contributed by atoms with Crippen LogP contribution in [-0.2, 0) is 0 Å². The summed E-state index contributed by atoms with van der Waals surface area (Å²) in [6.45, 7) is 0. The maximum Gasteiger partial charge on any atom is 0.454 e. The molecule has 0 heterocycles. The summed E-state index contributed by atoms with van der Waals surface area (Å²) >= 11 is 0. The Morgan fingerprint density at radius 2 is 1.00 bits per heavy atom. The highest BCUT2D eigenvalue weighted by molar-refractivity contribution is 5.85. The van der Waals surface area contributed by atoms with Crippen LogP contribution in [-0.4, -0.2) is 6.30 Å². The summed E-state index contributed by atoms with van der Waals surface area (Å²) in [5.41, 5.74) is 3.35. The maximum absolute atomic E-state index is 10.1. The fraction of sp³-hybridized carbons (Fsp3) is 1.00. The van der Waals surface area contributed by atoms with Gasteiger partial charge in [0, 0.05) is 0 Å². The number of rotatable bonds is 0. The molecule has 0 atom stereocenters. The minimum absolute atomic E-state index is 0. The van der Waals surface area contributed by atoms with Crippen molar-refractivity contribution >= 4 is 24.8 Å². The SMILES string of the molecule is Cl.Cl.NC(F)(F)F. The number of nitrogens with two attached hydrogens (primary N) is 1. The summed E-state index contributed by atoms with van der Waals surface area (Å²) in [5, 5.41) is 0. The van der Waals surface area contributed by atoms with E-state index < -0.39 is 6.30 Å². The molecule has 0 fully saturated rings. The van der Waals surface area contributed by atoms with Crippen LogP contribution in [0.2, 0.25) is 0 Å². The standard InChI is InChI=1S/CH2F3N.2ClH/c2-1(3,4)5;;/h5H2;2*1H. The molecule has 0 radical (unpaired) electrons. The van der Waals surface area contributed by atoms with Crippen molar-refractivity contribution in [1.82, 2.24) is 0 Å². The zero-order chi connectivity index (χ0) is 4.50. The molecule has 6 heteroatoms. The van der Waals surface area contributed by atoms with E-state index in [1.54, 1.807) is 0 Å². The van der Waals surface area contributed by atoms with Crippen LogP contribution >= 0.6 is 24.8 Å². The fourth-order valence-corrected chi connectivity index (χ4v) is 0. The Labute approximate surface area is 50.9 Å². The van der Waals surface area contributed by atoms with Crippen LogP contribution in [0.5, 0.6) is 0 Å². The Bertz CT molecular complexity index is 28.4. The van der Waals surface area contributed by atoms with Crippen LogP contribution in [0.1, 0.15) is 0 Å². The second kappa shape index (κ2) is 4.49. The molecule has 0 aromatic carbocycles. The van der Waals surface area contributed by atoms with Gasteiger partial charge in [0.2, 0.25) is 0 Å². The second-order valence-corrected chi connectivity index (χ2v) is 0.542. The largest absolute Gasteiger partial charge is 0.454 e. The highest BCUT2D eigenvalue weighted by Gasteiger charge is 2.16. The molecule has 0 unspecified atom stereocenters. The van der Waals surface area contributed by atoms with Crippen molar-refractivity contribution in [2.24, 2.45) is 5.73 Å². The van der Waals surface area contributed by atoms with E-state index in [9.17, 15) is 13.2 Å². The van der Waals surface area contributed by atoms with Gasteiger partial charge in [0.05, 0.1) is 0 Å². The number of alkyl halides is 3. The molecule has 0 rings (SSSR count). The zero-order valence-electron chi connectivity index (χ0n) is 3.03. The number of hydrogen-bond acceptors (Lipinski definition) is 1. The summed E-state index contributed by atoms with van der Waals surface area (Å²) in [4.78, 5) is 0. The van der Waals surface area contributed by atoms with Gasteiger partial charge in [-0.3, -0.25) is 0 Å². The first-order valence-electron chi connectivity index (χ1n) is 0.856. The third-order valence-electron chi connectivity index (χ3n) is 0. The minimum atomic E-state index is -4.50. The third-order valence-corrected chi connectivity index (χ3v) is 0. The van der Waals surface area contributed by atoms with E-state index >= 15 is 0 Å². The Morgan fingerprint density at radius 3 is 1.00 bits per heavy atom. The lowest BCUT2D eigenvalue weighted by Crippen LogP contribution is -2.20. The van der Waals surface area contributed by atoms with Crippen LogP contribution in [0.4, 0.5) is 13.2 Å². The molecule has 2 N–H and O–H groups in total. The lowest BCUT2D eigenvalue weighted by atomic mass is 11.3. The molecule has 0 aliphatic heterocycles. The summed E-state index contributed by atoms with van der Waals surface area (Å²) in [6, 6.07) is 0. The van der Waals surface area contributed by atoms with Gasteiger partial charge in [0.25, 0.3) is 0 Å².